The Morgan fingerprint density at radius 3 is 0.743 bits per heavy atom. The van der Waals surface area contributed by atoms with E-state index in [1.165, 1.54) is 238 Å². The first kappa shape index (κ1) is 68.4. The minimum Gasteiger partial charge on any atom is -0.462 e. The Morgan fingerprint density at radius 2 is 0.500 bits per heavy atom. The molecule has 0 bridgehead atoms. The summed E-state index contributed by atoms with van der Waals surface area (Å²) in [6.07, 6.45) is 59.6. The van der Waals surface area contributed by atoms with Crippen molar-refractivity contribution in [1.82, 2.24) is 0 Å². The van der Waals surface area contributed by atoms with Crippen molar-refractivity contribution < 1.29 is 28.6 Å². The molecule has 1 unspecified atom stereocenters. The van der Waals surface area contributed by atoms with Crippen LogP contribution >= 0.6 is 0 Å². The van der Waals surface area contributed by atoms with Gasteiger partial charge in [0.2, 0.25) is 0 Å². The summed E-state index contributed by atoms with van der Waals surface area (Å²) < 4.78 is 16.9. The van der Waals surface area contributed by atoms with Gasteiger partial charge >= 0.3 is 17.9 Å². The van der Waals surface area contributed by atoms with Crippen molar-refractivity contribution in [1.29, 1.82) is 0 Å². The maximum absolute atomic E-state index is 12.9. The Balaban J connectivity index is 4.25. The molecule has 0 aromatic rings. The van der Waals surface area contributed by atoms with Crippen molar-refractivity contribution in [2.24, 2.45) is 17.8 Å². The zero-order valence-corrected chi connectivity index (χ0v) is 48.3. The Hall–Kier alpha value is -1.59. The standard InChI is InChI=1S/C64H124O6/c1-7-60(6)52-46-40-34-28-21-17-12-10-8-9-11-13-18-22-29-35-41-47-53-62(65)68-56-61(57-69-63(66)54-48-42-36-30-25-24-27-33-39-45-51-59(4)5)70-64(67)55-49-43-37-31-23-19-15-14-16-20-26-32-38-44-50-58(2)3/h58-61H,7-57H2,1-6H3/t60?,61-/m0/s1. The summed E-state index contributed by atoms with van der Waals surface area (Å²) >= 11 is 0. The summed E-state index contributed by atoms with van der Waals surface area (Å²) in [4.78, 5) is 38.3. The molecule has 0 amide bonds. The molecule has 0 rings (SSSR count). The highest BCUT2D eigenvalue weighted by molar-refractivity contribution is 5.71. The summed E-state index contributed by atoms with van der Waals surface area (Å²) in [6.45, 7) is 13.8. The van der Waals surface area contributed by atoms with Crippen molar-refractivity contribution in [3.05, 3.63) is 0 Å². The Morgan fingerprint density at radius 1 is 0.286 bits per heavy atom. The number of carbonyl (C=O) groups is 3. The highest BCUT2D eigenvalue weighted by Gasteiger charge is 2.19. The molecule has 2 atom stereocenters. The SMILES string of the molecule is CCC(C)CCCCCCCCCCCCCCCCCCCCC(=O)OC[C@@H](COC(=O)CCCCCCCCCCCCC(C)C)OC(=O)CCCCCCCCCCCCCCCCC(C)C. The summed E-state index contributed by atoms with van der Waals surface area (Å²) in [5, 5.41) is 0. The van der Waals surface area contributed by atoms with E-state index in [4.69, 9.17) is 14.2 Å². The highest BCUT2D eigenvalue weighted by atomic mass is 16.6. The Bertz CT molecular complexity index is 1090. The van der Waals surface area contributed by atoms with Crippen LogP contribution in [0, 0.1) is 17.8 Å². The molecule has 0 aliphatic carbocycles. The molecule has 0 aliphatic rings. The van der Waals surface area contributed by atoms with E-state index in [0.29, 0.717) is 19.3 Å². The molecule has 0 spiro atoms. The first-order valence-corrected chi connectivity index (χ1v) is 31.6. The van der Waals surface area contributed by atoms with Gasteiger partial charge in [0.25, 0.3) is 0 Å². The molecule has 0 aromatic carbocycles. The van der Waals surface area contributed by atoms with E-state index < -0.39 is 6.10 Å². The van der Waals surface area contributed by atoms with Crippen LogP contribution in [-0.2, 0) is 28.6 Å². The Labute approximate surface area is 438 Å². The maximum atomic E-state index is 12.9. The fourth-order valence-electron chi connectivity index (χ4n) is 9.85. The van der Waals surface area contributed by atoms with Gasteiger partial charge in [-0.05, 0) is 37.0 Å². The van der Waals surface area contributed by atoms with Gasteiger partial charge in [-0.3, -0.25) is 14.4 Å². The first-order valence-electron chi connectivity index (χ1n) is 31.6. The number of unbranched alkanes of at least 4 members (excludes halogenated alkanes) is 39. The van der Waals surface area contributed by atoms with E-state index in [0.717, 1.165) is 75.5 Å². The number of ether oxygens (including phenoxy) is 3. The third-order valence-electron chi connectivity index (χ3n) is 15.0. The van der Waals surface area contributed by atoms with Gasteiger partial charge < -0.3 is 14.2 Å². The van der Waals surface area contributed by atoms with Gasteiger partial charge in [-0.2, -0.15) is 0 Å². The number of esters is 3. The van der Waals surface area contributed by atoms with E-state index >= 15 is 0 Å². The second-order valence-electron chi connectivity index (χ2n) is 23.2. The molecule has 0 N–H and O–H groups in total. The van der Waals surface area contributed by atoms with Crippen molar-refractivity contribution in [2.75, 3.05) is 13.2 Å². The molecule has 0 fully saturated rings. The van der Waals surface area contributed by atoms with E-state index in [-0.39, 0.29) is 31.1 Å². The molecule has 0 aromatic heterocycles. The lowest BCUT2D eigenvalue weighted by atomic mass is 9.99. The second-order valence-corrected chi connectivity index (χ2v) is 23.2. The van der Waals surface area contributed by atoms with Crippen LogP contribution in [0.3, 0.4) is 0 Å². The van der Waals surface area contributed by atoms with Crippen LogP contribution in [0.15, 0.2) is 0 Å². The average molecular weight is 990 g/mol. The number of carbonyl (C=O) groups excluding carboxylic acids is 3. The van der Waals surface area contributed by atoms with E-state index in [9.17, 15) is 14.4 Å². The van der Waals surface area contributed by atoms with Crippen molar-refractivity contribution in [2.45, 2.75) is 362 Å². The lowest BCUT2D eigenvalue weighted by Crippen LogP contribution is -2.30. The Kier molecular flexibility index (Phi) is 53.9. The van der Waals surface area contributed by atoms with Crippen molar-refractivity contribution in [3.63, 3.8) is 0 Å². The van der Waals surface area contributed by atoms with Crippen LogP contribution in [-0.4, -0.2) is 37.2 Å². The van der Waals surface area contributed by atoms with Crippen molar-refractivity contribution in [3.8, 4) is 0 Å². The monoisotopic (exact) mass is 989 g/mol. The van der Waals surface area contributed by atoms with Gasteiger partial charge in [0.1, 0.15) is 13.2 Å². The zero-order valence-electron chi connectivity index (χ0n) is 48.3. The molecule has 6 nitrogen and oxygen atoms in total. The van der Waals surface area contributed by atoms with Gasteiger partial charge in [0.15, 0.2) is 6.10 Å². The van der Waals surface area contributed by atoms with E-state index in [1.54, 1.807) is 0 Å². The molecule has 0 saturated heterocycles. The summed E-state index contributed by atoms with van der Waals surface area (Å²) in [5.74, 6) is 1.73. The predicted octanol–water partition coefficient (Wildman–Crippen LogP) is 21.1. The normalized spacial score (nSPS) is 12.5. The minimum absolute atomic E-state index is 0.0629. The number of rotatable bonds is 57. The summed E-state index contributed by atoms with van der Waals surface area (Å²) in [6, 6.07) is 0. The first-order chi connectivity index (χ1) is 34.1. The summed E-state index contributed by atoms with van der Waals surface area (Å²) in [5.41, 5.74) is 0. The maximum Gasteiger partial charge on any atom is 0.306 e. The van der Waals surface area contributed by atoms with Crippen LogP contribution in [0.5, 0.6) is 0 Å². The van der Waals surface area contributed by atoms with Gasteiger partial charge in [0, 0.05) is 19.3 Å². The van der Waals surface area contributed by atoms with Crippen LogP contribution < -0.4 is 0 Å². The molecule has 0 radical (unpaired) electrons. The molecular weight excluding hydrogens is 865 g/mol. The molecular formula is C64H124O6. The predicted molar refractivity (Wildman–Crippen MR) is 303 cm³/mol. The average Bonchev–Trinajstić information content (AvgIpc) is 3.33. The molecule has 6 heteroatoms. The zero-order chi connectivity index (χ0) is 51.2. The fourth-order valence-corrected chi connectivity index (χ4v) is 9.85. The molecule has 70 heavy (non-hydrogen) atoms. The topological polar surface area (TPSA) is 78.9 Å². The molecule has 0 heterocycles. The van der Waals surface area contributed by atoms with Crippen LogP contribution in [0.4, 0.5) is 0 Å². The van der Waals surface area contributed by atoms with Gasteiger partial charge in [-0.25, -0.2) is 0 Å². The smallest absolute Gasteiger partial charge is 0.306 e. The van der Waals surface area contributed by atoms with Gasteiger partial charge in [0.05, 0.1) is 0 Å². The fraction of sp³-hybridized carbons (Fsp3) is 0.953. The largest absolute Gasteiger partial charge is 0.462 e. The molecule has 416 valence electrons. The van der Waals surface area contributed by atoms with Gasteiger partial charge in [-0.15, -0.1) is 0 Å². The number of hydrogen-bond donors (Lipinski definition) is 0. The van der Waals surface area contributed by atoms with Crippen LogP contribution in [0.1, 0.15) is 356 Å². The molecule has 0 saturated carbocycles. The lowest BCUT2D eigenvalue weighted by Gasteiger charge is -2.18. The van der Waals surface area contributed by atoms with Crippen molar-refractivity contribution >= 4 is 17.9 Å². The van der Waals surface area contributed by atoms with Crippen LogP contribution in [0.2, 0.25) is 0 Å². The van der Waals surface area contributed by atoms with Gasteiger partial charge in [-0.1, -0.05) is 318 Å². The lowest BCUT2D eigenvalue weighted by molar-refractivity contribution is -0.167. The van der Waals surface area contributed by atoms with E-state index in [2.05, 4.69) is 41.5 Å². The summed E-state index contributed by atoms with van der Waals surface area (Å²) in [7, 11) is 0. The number of hydrogen-bond acceptors (Lipinski definition) is 6. The highest BCUT2D eigenvalue weighted by Crippen LogP contribution is 2.19. The van der Waals surface area contributed by atoms with E-state index in [1.807, 2.05) is 0 Å². The third kappa shape index (κ3) is 55.7. The van der Waals surface area contributed by atoms with Crippen LogP contribution in [0.25, 0.3) is 0 Å². The molecule has 0 aliphatic heterocycles. The minimum atomic E-state index is -0.764. The quantitative estimate of drug-likeness (QED) is 0.0343. The second kappa shape index (κ2) is 55.2. The third-order valence-corrected chi connectivity index (χ3v) is 15.0.